The zero-order valence-electron chi connectivity index (χ0n) is 24.5. The smallest absolute Gasteiger partial charge is 0.338 e. The molecule has 0 spiro atoms. The van der Waals surface area contributed by atoms with Crippen molar-refractivity contribution in [2.45, 2.75) is 42.5 Å². The summed E-state index contributed by atoms with van der Waals surface area (Å²) in [6.07, 6.45) is -8.47. The fraction of sp³-hybridized carbons (Fsp3) is 0.206. The van der Waals surface area contributed by atoms with Gasteiger partial charge in [-0.25, -0.2) is 14.4 Å². The minimum atomic E-state index is -4.35. The molecular weight excluding hydrogens is 616 g/mol. The molecule has 4 aromatic rings. The van der Waals surface area contributed by atoms with Crippen LogP contribution >= 0.6 is 0 Å². The Bertz CT molecular complexity index is 1750. The molecule has 0 aliphatic carbocycles. The summed E-state index contributed by atoms with van der Waals surface area (Å²) in [7, 11) is -4.35. The van der Waals surface area contributed by atoms with Crippen LogP contribution < -0.4 is 0 Å². The molecule has 0 aromatic heterocycles. The summed E-state index contributed by atoms with van der Waals surface area (Å²) in [5.41, 5.74) is 1.17. The maximum absolute atomic E-state index is 13.3. The number of aliphatic hydroxyl groups is 1. The molecule has 46 heavy (non-hydrogen) atoms. The number of carbonyl (C=O) groups excluding carboxylic acids is 3. The molecule has 4 aromatic carbocycles. The van der Waals surface area contributed by atoms with E-state index >= 15 is 0 Å². The number of rotatable bonds is 10. The van der Waals surface area contributed by atoms with Gasteiger partial charge < -0.3 is 24.1 Å². The number of hydrogen-bond donors (Lipinski definition) is 1. The van der Waals surface area contributed by atoms with Crippen LogP contribution in [0.2, 0.25) is 0 Å². The van der Waals surface area contributed by atoms with E-state index in [9.17, 15) is 27.9 Å². The molecule has 238 valence electrons. The van der Waals surface area contributed by atoms with Gasteiger partial charge in [0.1, 0.15) is 6.10 Å². The fourth-order valence-electron chi connectivity index (χ4n) is 4.66. The predicted octanol–water partition coefficient (Wildman–Crippen LogP) is 4.09. The molecule has 1 aliphatic heterocycles. The number of carbonyl (C=O) groups is 3. The Hall–Kier alpha value is -4.88. The molecule has 0 radical (unpaired) electrons. The molecule has 5 atom stereocenters. The van der Waals surface area contributed by atoms with Gasteiger partial charge in [0.2, 0.25) is 0 Å². The lowest BCUT2D eigenvalue weighted by Crippen LogP contribution is -2.62. The monoisotopic (exact) mass is 646 g/mol. The Labute approximate surface area is 265 Å². The first-order valence-electron chi connectivity index (χ1n) is 14.2. The molecule has 1 heterocycles. The van der Waals surface area contributed by atoms with Crippen LogP contribution in [-0.2, 0) is 33.2 Å². The van der Waals surface area contributed by atoms with Crippen LogP contribution in [0.25, 0.3) is 0 Å². The van der Waals surface area contributed by atoms with Gasteiger partial charge in [0.15, 0.2) is 24.6 Å². The van der Waals surface area contributed by atoms with E-state index in [0.29, 0.717) is 0 Å². The number of ether oxygens (including phenoxy) is 4. The van der Waals surface area contributed by atoms with Crippen molar-refractivity contribution in [3.8, 4) is 0 Å². The van der Waals surface area contributed by atoms with Gasteiger partial charge in [-0.1, -0.05) is 72.3 Å². The van der Waals surface area contributed by atoms with E-state index in [0.717, 1.165) is 5.56 Å². The van der Waals surface area contributed by atoms with E-state index in [-0.39, 0.29) is 21.6 Å². The van der Waals surface area contributed by atoms with Crippen LogP contribution in [0.4, 0.5) is 0 Å². The van der Waals surface area contributed by atoms with Crippen molar-refractivity contribution >= 4 is 28.0 Å². The lowest BCUT2D eigenvalue weighted by Gasteiger charge is -2.42. The van der Waals surface area contributed by atoms with E-state index in [4.69, 9.17) is 23.1 Å². The average molecular weight is 647 g/mol. The summed E-state index contributed by atoms with van der Waals surface area (Å²) in [5.74, 6) is -2.67. The predicted molar refractivity (Wildman–Crippen MR) is 162 cm³/mol. The highest BCUT2D eigenvalue weighted by Gasteiger charge is 2.52. The van der Waals surface area contributed by atoms with E-state index in [2.05, 4.69) is 0 Å². The SMILES string of the molecule is Cc1ccc(S(=O)(=O)OC[C@H]2O[C@@H](O)[C@@H](OC(=O)c3ccccc3)[C@@H](OC(=O)c3ccccc3)[C@H]2OC(=O)c2ccccc2)cc1. The second-order valence-electron chi connectivity index (χ2n) is 10.3. The molecule has 12 heteroatoms. The van der Waals surface area contributed by atoms with Crippen LogP contribution in [0.15, 0.2) is 120 Å². The normalized spacial score (nSPS) is 21.1. The topological polar surface area (TPSA) is 152 Å². The summed E-state index contributed by atoms with van der Waals surface area (Å²) in [4.78, 5) is 39.5. The maximum atomic E-state index is 13.3. The van der Waals surface area contributed by atoms with Gasteiger partial charge in [-0.3, -0.25) is 4.18 Å². The number of aryl methyl sites for hydroxylation is 1. The Kier molecular flexibility index (Phi) is 10.2. The molecule has 1 aliphatic rings. The van der Waals surface area contributed by atoms with Gasteiger partial charge in [-0.2, -0.15) is 8.42 Å². The number of hydrogen-bond acceptors (Lipinski definition) is 11. The molecule has 5 rings (SSSR count). The fourth-order valence-corrected chi connectivity index (χ4v) is 5.58. The zero-order valence-corrected chi connectivity index (χ0v) is 25.3. The van der Waals surface area contributed by atoms with Gasteiger partial charge in [-0.15, -0.1) is 0 Å². The second-order valence-corrected chi connectivity index (χ2v) is 11.9. The summed E-state index contributed by atoms with van der Waals surface area (Å²) < 4.78 is 54.1. The molecule has 11 nitrogen and oxygen atoms in total. The number of aliphatic hydroxyl groups excluding tert-OH is 1. The summed E-state index contributed by atoms with van der Waals surface area (Å²) in [6.45, 7) is 1.02. The van der Waals surface area contributed by atoms with Gasteiger partial charge >= 0.3 is 17.9 Å². The highest BCUT2D eigenvalue weighted by Crippen LogP contribution is 2.30. The molecule has 0 bridgehead atoms. The van der Waals surface area contributed by atoms with Crippen LogP contribution in [0.3, 0.4) is 0 Å². The van der Waals surface area contributed by atoms with Crippen molar-refractivity contribution in [2.24, 2.45) is 0 Å². The molecule has 0 saturated carbocycles. The minimum absolute atomic E-state index is 0.111. The van der Waals surface area contributed by atoms with Crippen LogP contribution in [0.5, 0.6) is 0 Å². The van der Waals surface area contributed by atoms with Crippen LogP contribution in [0.1, 0.15) is 36.6 Å². The molecule has 1 fully saturated rings. The third kappa shape index (κ3) is 7.85. The van der Waals surface area contributed by atoms with Crippen LogP contribution in [-0.4, -0.2) is 68.7 Å². The first-order valence-corrected chi connectivity index (χ1v) is 15.6. The standard InChI is InChI=1S/C34H30O11S/c1-22-17-19-26(20-18-22)46(39,40)41-21-27-28(43-31(35)23-11-5-2-6-12-23)29(44-32(36)24-13-7-3-8-14-24)30(34(38)42-27)45-33(37)25-15-9-4-10-16-25/h2-20,27-30,34,38H,21H2,1H3/t27-,28+,29+,30+,34-/m1/s1. The van der Waals surface area contributed by atoms with Crippen molar-refractivity contribution in [1.29, 1.82) is 0 Å². The molecule has 0 unspecified atom stereocenters. The highest BCUT2D eigenvalue weighted by molar-refractivity contribution is 7.86. The molecule has 1 N–H and O–H groups in total. The lowest BCUT2D eigenvalue weighted by molar-refractivity contribution is -0.283. The van der Waals surface area contributed by atoms with Crippen molar-refractivity contribution in [2.75, 3.05) is 6.61 Å². The van der Waals surface area contributed by atoms with E-state index < -0.39 is 65.3 Å². The largest absolute Gasteiger partial charge is 0.452 e. The zero-order chi connectivity index (χ0) is 32.7. The lowest BCUT2D eigenvalue weighted by atomic mass is 9.98. The quantitative estimate of drug-likeness (QED) is 0.151. The first kappa shape index (κ1) is 32.5. The van der Waals surface area contributed by atoms with E-state index in [1.165, 1.54) is 48.5 Å². The minimum Gasteiger partial charge on any atom is -0.452 e. The average Bonchev–Trinajstić information content (AvgIpc) is 3.08. The third-order valence-electron chi connectivity index (χ3n) is 7.06. The number of esters is 3. The third-order valence-corrected chi connectivity index (χ3v) is 8.36. The Morgan fingerprint density at radius 3 is 1.50 bits per heavy atom. The van der Waals surface area contributed by atoms with Crippen LogP contribution in [0, 0.1) is 6.92 Å². The Balaban J connectivity index is 1.50. The molecule has 0 amide bonds. The van der Waals surface area contributed by atoms with Crippen molar-refractivity contribution in [3.63, 3.8) is 0 Å². The number of benzene rings is 4. The molecule has 1 saturated heterocycles. The molecular formula is C34H30O11S. The van der Waals surface area contributed by atoms with Crippen molar-refractivity contribution < 1.29 is 51.0 Å². The van der Waals surface area contributed by atoms with E-state index in [1.54, 1.807) is 73.7 Å². The van der Waals surface area contributed by atoms with Crippen molar-refractivity contribution in [1.82, 2.24) is 0 Å². The van der Waals surface area contributed by atoms with Gasteiger partial charge in [0.25, 0.3) is 10.1 Å². The first-order chi connectivity index (χ1) is 22.1. The summed E-state index contributed by atoms with van der Waals surface area (Å²) in [6, 6.07) is 29.4. The second kappa shape index (κ2) is 14.5. The van der Waals surface area contributed by atoms with Crippen molar-refractivity contribution in [3.05, 3.63) is 138 Å². The summed E-state index contributed by atoms with van der Waals surface area (Å²) in [5, 5.41) is 11.1. The Morgan fingerprint density at radius 1 is 0.630 bits per heavy atom. The van der Waals surface area contributed by atoms with Gasteiger partial charge in [-0.05, 0) is 55.5 Å². The Morgan fingerprint density at radius 2 is 1.04 bits per heavy atom. The highest BCUT2D eigenvalue weighted by atomic mass is 32.2. The van der Waals surface area contributed by atoms with E-state index in [1.807, 2.05) is 0 Å². The summed E-state index contributed by atoms with van der Waals surface area (Å²) >= 11 is 0. The maximum Gasteiger partial charge on any atom is 0.338 e. The van der Waals surface area contributed by atoms with Gasteiger partial charge in [0.05, 0.1) is 28.2 Å². The van der Waals surface area contributed by atoms with Gasteiger partial charge in [0, 0.05) is 0 Å².